The average molecular weight is 486 g/mol. The second-order valence-electron chi connectivity index (χ2n) is 7.08. The Morgan fingerprint density at radius 3 is 0.889 bits per heavy atom. The van der Waals surface area contributed by atoms with Crippen LogP contribution in [-0.2, 0) is 0 Å². The lowest BCUT2D eigenvalue weighted by atomic mass is 10.1. The van der Waals surface area contributed by atoms with E-state index in [4.69, 9.17) is 20.4 Å². The summed E-state index contributed by atoms with van der Waals surface area (Å²) in [4.78, 5) is 41.6. The molecule has 0 saturated carbocycles. The highest BCUT2D eigenvalue weighted by Gasteiger charge is 2.13. The molecule has 4 rings (SSSR count). The predicted molar refractivity (Wildman–Crippen MR) is 133 cm³/mol. The molecule has 0 saturated heterocycles. The van der Waals surface area contributed by atoms with Gasteiger partial charge in [0.2, 0.25) is 0 Å². The summed E-state index contributed by atoms with van der Waals surface area (Å²) in [5.41, 5.74) is 2.34. The topological polar surface area (TPSA) is 149 Å². The van der Waals surface area contributed by atoms with E-state index in [0.29, 0.717) is 0 Å². The van der Waals surface area contributed by atoms with Crippen LogP contribution in [0.1, 0.15) is 41.4 Å². The van der Waals surface area contributed by atoms with Crippen LogP contribution in [0.4, 0.5) is 0 Å². The molecule has 0 atom stereocenters. The molecule has 182 valence electrons. The van der Waals surface area contributed by atoms with Crippen LogP contribution in [0.2, 0.25) is 0 Å². The van der Waals surface area contributed by atoms with Gasteiger partial charge in [0.15, 0.2) is 0 Å². The number of hydrogen-bond acceptors (Lipinski definition) is 4. The molecule has 0 bridgehead atoms. The van der Waals surface area contributed by atoms with Crippen molar-refractivity contribution >= 4 is 23.9 Å². The minimum Gasteiger partial charge on any atom is -0.478 e. The van der Waals surface area contributed by atoms with E-state index in [9.17, 15) is 19.2 Å². The summed E-state index contributed by atoms with van der Waals surface area (Å²) in [5.74, 6) is -4.58. The predicted octanol–water partition coefficient (Wildman–Crippen LogP) is 5.52. The van der Waals surface area contributed by atoms with E-state index in [1.165, 1.54) is 59.7 Å². The average Bonchev–Trinajstić information content (AvgIpc) is 2.90. The molecule has 0 aliphatic carbocycles. The Hall–Kier alpha value is -5.24. The van der Waals surface area contributed by atoms with Gasteiger partial charge in [-0.25, -0.2) is 19.2 Å². The normalized spacial score (nSPS) is 9.44. The summed E-state index contributed by atoms with van der Waals surface area (Å²) >= 11 is 0. The van der Waals surface area contributed by atoms with Gasteiger partial charge in [0.1, 0.15) is 0 Å². The molecule has 0 unspecified atom stereocenters. The standard InChI is InChI=1S/C12H10.2C8H6O4/c1-3-7-11(8-4-1)12-9-5-2-6-10-12;9-7(10)5-1-2-6(4-3-5)8(11)12;9-7(10)5-3-1-2-4-6(5)8(11)12/h1-10H;2*1-4H,(H,9,10)(H,11,12). The van der Waals surface area contributed by atoms with Gasteiger partial charge < -0.3 is 20.4 Å². The minimum atomic E-state index is -1.23. The molecule has 0 aromatic heterocycles. The van der Waals surface area contributed by atoms with Gasteiger partial charge >= 0.3 is 23.9 Å². The first kappa shape index (κ1) is 27.0. The van der Waals surface area contributed by atoms with Crippen LogP contribution in [0.25, 0.3) is 11.1 Å². The molecular weight excluding hydrogens is 464 g/mol. The second kappa shape index (κ2) is 13.5. The summed E-state index contributed by atoms with van der Waals surface area (Å²) in [6.45, 7) is 0. The first-order valence-corrected chi connectivity index (χ1v) is 10.4. The molecule has 4 N–H and O–H groups in total. The number of aromatic carboxylic acids is 4. The molecular formula is C28H22O8. The van der Waals surface area contributed by atoms with Crippen molar-refractivity contribution in [2.24, 2.45) is 0 Å². The molecule has 0 spiro atoms. The Balaban J connectivity index is 0.000000190. The Labute approximate surface area is 206 Å². The summed E-state index contributed by atoms with van der Waals surface area (Å²) in [5, 5.41) is 34.0. The number of carboxylic acids is 4. The molecule has 8 heteroatoms. The lowest BCUT2D eigenvalue weighted by Crippen LogP contribution is -2.06. The van der Waals surface area contributed by atoms with E-state index in [2.05, 4.69) is 48.5 Å². The van der Waals surface area contributed by atoms with E-state index in [1.807, 2.05) is 12.1 Å². The van der Waals surface area contributed by atoms with E-state index in [-0.39, 0.29) is 22.3 Å². The van der Waals surface area contributed by atoms with Crippen molar-refractivity contribution in [1.82, 2.24) is 0 Å². The van der Waals surface area contributed by atoms with Gasteiger partial charge in [-0.05, 0) is 47.5 Å². The first-order valence-electron chi connectivity index (χ1n) is 10.4. The summed E-state index contributed by atoms with van der Waals surface area (Å²) in [7, 11) is 0. The van der Waals surface area contributed by atoms with Gasteiger partial charge in [-0.3, -0.25) is 0 Å². The lowest BCUT2D eigenvalue weighted by molar-refractivity contribution is 0.0651. The van der Waals surface area contributed by atoms with E-state index >= 15 is 0 Å². The van der Waals surface area contributed by atoms with Crippen LogP contribution in [0.3, 0.4) is 0 Å². The summed E-state index contributed by atoms with van der Waals surface area (Å²) in [6, 6.07) is 31.3. The van der Waals surface area contributed by atoms with E-state index in [1.54, 1.807) is 0 Å². The first-order chi connectivity index (χ1) is 17.2. The van der Waals surface area contributed by atoms with Gasteiger partial charge in [0.25, 0.3) is 0 Å². The van der Waals surface area contributed by atoms with Gasteiger partial charge in [0, 0.05) is 0 Å². The highest BCUT2D eigenvalue weighted by molar-refractivity contribution is 6.01. The minimum absolute atomic E-state index is 0.0833. The fraction of sp³-hybridized carbons (Fsp3) is 0. The number of benzene rings is 4. The Kier molecular flexibility index (Phi) is 10.1. The van der Waals surface area contributed by atoms with Crippen LogP contribution in [0.15, 0.2) is 109 Å². The number of rotatable bonds is 5. The third-order valence-electron chi connectivity index (χ3n) is 4.65. The maximum Gasteiger partial charge on any atom is 0.336 e. The highest BCUT2D eigenvalue weighted by Crippen LogP contribution is 2.17. The smallest absolute Gasteiger partial charge is 0.336 e. The third-order valence-corrected chi connectivity index (χ3v) is 4.65. The number of hydrogen-bond donors (Lipinski definition) is 4. The second-order valence-corrected chi connectivity index (χ2v) is 7.08. The maximum atomic E-state index is 10.5. The monoisotopic (exact) mass is 486 g/mol. The van der Waals surface area contributed by atoms with E-state index in [0.717, 1.165) is 0 Å². The summed E-state index contributed by atoms with van der Waals surface area (Å²) < 4.78 is 0. The Morgan fingerprint density at radius 2 is 0.639 bits per heavy atom. The van der Waals surface area contributed by atoms with Crippen LogP contribution >= 0.6 is 0 Å². The van der Waals surface area contributed by atoms with Crippen LogP contribution in [0, 0.1) is 0 Å². The van der Waals surface area contributed by atoms with Crippen LogP contribution in [-0.4, -0.2) is 44.3 Å². The van der Waals surface area contributed by atoms with Crippen molar-refractivity contribution in [2.75, 3.05) is 0 Å². The van der Waals surface area contributed by atoms with E-state index < -0.39 is 23.9 Å². The zero-order valence-electron chi connectivity index (χ0n) is 18.8. The van der Waals surface area contributed by atoms with Crippen LogP contribution < -0.4 is 0 Å². The van der Waals surface area contributed by atoms with Crippen molar-refractivity contribution in [3.63, 3.8) is 0 Å². The zero-order valence-corrected chi connectivity index (χ0v) is 18.8. The SMILES string of the molecule is O=C(O)c1ccc(C(=O)O)cc1.O=C(O)c1ccccc1C(=O)O.c1ccc(-c2ccccc2)cc1. The molecule has 0 amide bonds. The quantitative estimate of drug-likeness (QED) is 0.288. The van der Waals surface area contributed by atoms with Crippen molar-refractivity contribution in [1.29, 1.82) is 0 Å². The lowest BCUT2D eigenvalue weighted by Gasteiger charge is -1.98. The fourth-order valence-electron chi connectivity index (χ4n) is 2.87. The fourth-order valence-corrected chi connectivity index (χ4v) is 2.87. The molecule has 0 aliphatic heterocycles. The molecule has 0 aliphatic rings. The largest absolute Gasteiger partial charge is 0.478 e. The zero-order chi connectivity index (χ0) is 26.5. The van der Waals surface area contributed by atoms with Crippen LogP contribution in [0.5, 0.6) is 0 Å². The number of carbonyl (C=O) groups is 4. The van der Waals surface area contributed by atoms with Crippen molar-refractivity contribution in [2.45, 2.75) is 0 Å². The third kappa shape index (κ3) is 8.27. The molecule has 4 aromatic rings. The Morgan fingerprint density at radius 1 is 0.361 bits per heavy atom. The van der Waals surface area contributed by atoms with Crippen molar-refractivity contribution < 1.29 is 39.6 Å². The van der Waals surface area contributed by atoms with Gasteiger partial charge in [-0.1, -0.05) is 72.8 Å². The van der Waals surface area contributed by atoms with Gasteiger partial charge in [0.05, 0.1) is 22.3 Å². The highest BCUT2D eigenvalue weighted by atomic mass is 16.4. The molecule has 4 aromatic carbocycles. The van der Waals surface area contributed by atoms with Crippen molar-refractivity contribution in [3.05, 3.63) is 131 Å². The molecule has 0 fully saturated rings. The molecule has 0 radical (unpaired) electrons. The molecule has 8 nitrogen and oxygen atoms in total. The molecule has 0 heterocycles. The Bertz CT molecular complexity index is 1210. The molecule has 36 heavy (non-hydrogen) atoms. The van der Waals surface area contributed by atoms with Crippen molar-refractivity contribution in [3.8, 4) is 11.1 Å². The van der Waals surface area contributed by atoms with Gasteiger partial charge in [-0.2, -0.15) is 0 Å². The summed E-state index contributed by atoms with van der Waals surface area (Å²) in [6.07, 6.45) is 0. The number of carboxylic acid groups (broad SMARTS) is 4. The van der Waals surface area contributed by atoms with Gasteiger partial charge in [-0.15, -0.1) is 0 Å². The maximum absolute atomic E-state index is 10.5.